The summed E-state index contributed by atoms with van der Waals surface area (Å²) in [7, 11) is 1.99. The smallest absolute Gasteiger partial charge is 0.172 e. The van der Waals surface area contributed by atoms with Gasteiger partial charge in [0.25, 0.3) is 0 Å². The van der Waals surface area contributed by atoms with Gasteiger partial charge in [-0.15, -0.1) is 5.10 Å². The maximum atomic E-state index is 4.72. The Hall–Kier alpha value is -2.62. The topological polar surface area (TPSA) is 71.1 Å². The Morgan fingerprint density at radius 3 is 2.44 bits per heavy atom. The van der Waals surface area contributed by atoms with Crippen LogP contribution in [0, 0.1) is 0 Å². The molecule has 0 radical (unpaired) electrons. The van der Waals surface area contributed by atoms with Crippen LogP contribution >= 0.6 is 0 Å². The van der Waals surface area contributed by atoms with Crippen molar-refractivity contribution >= 4 is 0 Å². The lowest BCUT2D eigenvalue weighted by Crippen LogP contribution is -2.55. The molecule has 9 nitrogen and oxygen atoms in total. The Morgan fingerprint density at radius 1 is 0.889 bits per heavy atom. The Balaban J connectivity index is 1.25. The molecule has 1 saturated carbocycles. The molecule has 0 unspecified atom stereocenters. The van der Waals surface area contributed by atoms with E-state index in [4.69, 9.17) is 5.10 Å². The van der Waals surface area contributed by atoms with Gasteiger partial charge in [-0.1, -0.05) is 36.8 Å². The number of hydrogen-bond acceptors (Lipinski definition) is 7. The van der Waals surface area contributed by atoms with Crippen molar-refractivity contribution in [1.29, 1.82) is 0 Å². The molecule has 4 heterocycles. The van der Waals surface area contributed by atoms with Crippen LogP contribution in [0.2, 0.25) is 0 Å². The van der Waals surface area contributed by atoms with Gasteiger partial charge in [0.2, 0.25) is 0 Å². The Labute approximate surface area is 214 Å². The number of aromatic nitrogens is 6. The molecular weight excluding hydrogens is 450 g/mol. The number of aryl methyl sites for hydroxylation is 1. The first-order valence-corrected chi connectivity index (χ1v) is 13.7. The first-order valence-electron chi connectivity index (χ1n) is 13.7. The fourth-order valence-electron chi connectivity index (χ4n) is 6.46. The molecule has 2 aliphatic heterocycles. The van der Waals surface area contributed by atoms with E-state index in [0.717, 1.165) is 64.0 Å². The van der Waals surface area contributed by atoms with E-state index < -0.39 is 0 Å². The third-order valence-corrected chi connectivity index (χ3v) is 8.70. The average molecular weight is 490 g/mol. The summed E-state index contributed by atoms with van der Waals surface area (Å²) in [4.78, 5) is 8.07. The van der Waals surface area contributed by atoms with Crippen LogP contribution in [0.1, 0.15) is 55.5 Å². The molecule has 6 rings (SSSR count). The number of likely N-dealkylation sites (tertiary alicyclic amines) is 1. The minimum Gasteiger partial charge on any atom is -0.299 e. The first-order chi connectivity index (χ1) is 17.7. The fraction of sp³-hybridized carbons (Fsp3) is 0.630. The maximum Gasteiger partial charge on any atom is 0.172 e. The molecule has 36 heavy (non-hydrogen) atoms. The standard InChI is InChI=1S/C27H39N9/c1-32-20-24(19-28-32)21-33-15-11-27(12-16-33,35-14-6-13-34(17-18-35)25-9-5-10-25)26-29-30-31-36(26)22-23-7-3-2-4-8-23/h2-4,7-8,19-20,25H,5-6,9-18,21-22H2,1H3. The first kappa shape index (κ1) is 23.8. The highest BCUT2D eigenvalue weighted by Gasteiger charge is 2.46. The molecule has 0 bridgehead atoms. The number of rotatable bonds is 7. The van der Waals surface area contributed by atoms with Crippen LogP contribution in [0.15, 0.2) is 42.7 Å². The molecule has 2 saturated heterocycles. The predicted molar refractivity (Wildman–Crippen MR) is 138 cm³/mol. The maximum absolute atomic E-state index is 4.72. The van der Waals surface area contributed by atoms with E-state index in [1.54, 1.807) is 0 Å². The zero-order chi connectivity index (χ0) is 24.4. The highest BCUT2D eigenvalue weighted by molar-refractivity contribution is 5.17. The normalized spacial score (nSPS) is 22.4. The van der Waals surface area contributed by atoms with Crippen molar-refractivity contribution in [2.45, 2.75) is 63.2 Å². The molecule has 3 aromatic rings. The molecule has 3 fully saturated rings. The van der Waals surface area contributed by atoms with Crippen molar-refractivity contribution in [3.63, 3.8) is 0 Å². The second-order valence-corrected chi connectivity index (χ2v) is 10.9. The molecule has 0 amide bonds. The molecule has 1 aliphatic carbocycles. The summed E-state index contributed by atoms with van der Waals surface area (Å²) in [6, 6.07) is 11.4. The van der Waals surface area contributed by atoms with Gasteiger partial charge in [-0.05, 0) is 54.6 Å². The van der Waals surface area contributed by atoms with Crippen molar-refractivity contribution < 1.29 is 0 Å². The van der Waals surface area contributed by atoms with Gasteiger partial charge in [-0.25, -0.2) is 4.68 Å². The van der Waals surface area contributed by atoms with Gasteiger partial charge in [0.15, 0.2) is 5.82 Å². The lowest BCUT2D eigenvalue weighted by molar-refractivity contribution is 0.00594. The van der Waals surface area contributed by atoms with E-state index in [9.17, 15) is 0 Å². The Morgan fingerprint density at radius 2 is 1.72 bits per heavy atom. The predicted octanol–water partition coefficient (Wildman–Crippen LogP) is 2.51. The summed E-state index contributed by atoms with van der Waals surface area (Å²) in [5.41, 5.74) is 2.39. The molecular formula is C27H39N9. The number of benzene rings is 1. The van der Waals surface area contributed by atoms with Gasteiger partial charge in [0.1, 0.15) is 0 Å². The fourth-order valence-corrected chi connectivity index (χ4v) is 6.46. The highest BCUT2D eigenvalue weighted by atomic mass is 15.6. The molecule has 2 aromatic heterocycles. The number of nitrogens with zero attached hydrogens (tertiary/aromatic N) is 9. The largest absolute Gasteiger partial charge is 0.299 e. The van der Waals surface area contributed by atoms with Crippen LogP contribution in [-0.2, 0) is 25.7 Å². The van der Waals surface area contributed by atoms with E-state index in [2.05, 4.69) is 71.4 Å². The van der Waals surface area contributed by atoms with E-state index in [1.807, 2.05) is 17.9 Å². The van der Waals surface area contributed by atoms with Crippen molar-refractivity contribution in [2.24, 2.45) is 7.05 Å². The molecule has 1 aromatic carbocycles. The second-order valence-electron chi connectivity index (χ2n) is 10.9. The minimum absolute atomic E-state index is 0.126. The van der Waals surface area contributed by atoms with Crippen LogP contribution in [0.5, 0.6) is 0 Å². The second kappa shape index (κ2) is 10.4. The van der Waals surface area contributed by atoms with Crippen LogP contribution in [0.3, 0.4) is 0 Å². The van der Waals surface area contributed by atoms with Gasteiger partial charge in [0.05, 0.1) is 18.3 Å². The monoisotopic (exact) mass is 489 g/mol. The zero-order valence-corrected chi connectivity index (χ0v) is 21.5. The van der Waals surface area contributed by atoms with Crippen molar-refractivity contribution in [1.82, 2.24) is 44.7 Å². The van der Waals surface area contributed by atoms with Gasteiger partial charge >= 0.3 is 0 Å². The van der Waals surface area contributed by atoms with Gasteiger partial charge in [0, 0.05) is 64.1 Å². The molecule has 192 valence electrons. The van der Waals surface area contributed by atoms with E-state index >= 15 is 0 Å². The summed E-state index contributed by atoms with van der Waals surface area (Å²) in [6.45, 7) is 8.33. The summed E-state index contributed by atoms with van der Waals surface area (Å²) in [5, 5.41) is 17.8. The third kappa shape index (κ3) is 4.84. The van der Waals surface area contributed by atoms with Gasteiger partial charge in [-0.2, -0.15) is 5.10 Å². The number of tetrazole rings is 1. The van der Waals surface area contributed by atoms with Crippen LogP contribution in [0.4, 0.5) is 0 Å². The Kier molecular flexibility index (Phi) is 6.86. The minimum atomic E-state index is -0.126. The van der Waals surface area contributed by atoms with Crippen molar-refractivity contribution in [3.8, 4) is 0 Å². The summed E-state index contributed by atoms with van der Waals surface area (Å²) < 4.78 is 3.97. The van der Waals surface area contributed by atoms with Crippen molar-refractivity contribution in [2.75, 3.05) is 39.3 Å². The molecule has 9 heteroatoms. The molecule has 0 spiro atoms. The summed E-state index contributed by atoms with van der Waals surface area (Å²) in [6.07, 6.45) is 11.6. The number of hydrogen-bond donors (Lipinski definition) is 0. The quantitative estimate of drug-likeness (QED) is 0.505. The summed E-state index contributed by atoms with van der Waals surface area (Å²) in [5.74, 6) is 1.05. The lowest BCUT2D eigenvalue weighted by atomic mass is 9.84. The van der Waals surface area contributed by atoms with Gasteiger partial charge in [-0.3, -0.25) is 19.4 Å². The van der Waals surface area contributed by atoms with Crippen LogP contribution in [-0.4, -0.2) is 90.0 Å². The van der Waals surface area contributed by atoms with Crippen LogP contribution < -0.4 is 0 Å². The summed E-state index contributed by atoms with van der Waals surface area (Å²) >= 11 is 0. The lowest BCUT2D eigenvalue weighted by Gasteiger charge is -2.47. The SMILES string of the molecule is Cn1cc(CN2CCC(c3nnnn3Cc3ccccc3)(N3CCCN(C4CCC4)CC3)CC2)cn1. The van der Waals surface area contributed by atoms with Crippen LogP contribution in [0.25, 0.3) is 0 Å². The average Bonchev–Trinajstić information content (AvgIpc) is 3.42. The van der Waals surface area contributed by atoms with Gasteiger partial charge < -0.3 is 0 Å². The van der Waals surface area contributed by atoms with E-state index in [-0.39, 0.29) is 5.54 Å². The van der Waals surface area contributed by atoms with E-state index in [1.165, 1.54) is 43.4 Å². The van der Waals surface area contributed by atoms with Crippen molar-refractivity contribution in [3.05, 3.63) is 59.7 Å². The molecule has 0 N–H and O–H groups in total. The Bertz CT molecular complexity index is 1110. The molecule has 0 atom stereocenters. The van der Waals surface area contributed by atoms with E-state index in [0.29, 0.717) is 6.54 Å². The molecule has 3 aliphatic rings. The number of piperidine rings is 1. The highest BCUT2D eigenvalue weighted by Crippen LogP contribution is 2.39. The zero-order valence-electron chi connectivity index (χ0n) is 21.5. The third-order valence-electron chi connectivity index (χ3n) is 8.70.